The van der Waals surface area contributed by atoms with Gasteiger partial charge in [0, 0.05) is 5.33 Å². The molecule has 0 bridgehead atoms. The molecule has 3 aromatic rings. The van der Waals surface area contributed by atoms with Gasteiger partial charge in [0.2, 0.25) is 5.43 Å². The van der Waals surface area contributed by atoms with E-state index in [1.54, 1.807) is 12.1 Å². The highest BCUT2D eigenvalue weighted by Gasteiger charge is 2.17. The van der Waals surface area contributed by atoms with E-state index in [1.807, 2.05) is 42.5 Å². The molecule has 21 heavy (non-hydrogen) atoms. The summed E-state index contributed by atoms with van der Waals surface area (Å²) in [5.41, 5.74) is 1.72. The van der Waals surface area contributed by atoms with Gasteiger partial charge in [0.05, 0.1) is 5.39 Å². The maximum atomic E-state index is 12.8. The fourth-order valence-corrected chi connectivity index (χ4v) is 2.37. The van der Waals surface area contributed by atoms with Gasteiger partial charge in [0.1, 0.15) is 17.8 Å². The minimum Gasteiger partial charge on any atom is -0.464 e. The van der Waals surface area contributed by atoms with Crippen molar-refractivity contribution >= 4 is 26.9 Å². The van der Waals surface area contributed by atoms with Crippen LogP contribution < -0.4 is 10.2 Å². The molecule has 1 aromatic heterocycles. The number of fused-ring (bicyclic) bond motifs is 1. The fourth-order valence-electron chi connectivity index (χ4n) is 2.21. The van der Waals surface area contributed by atoms with Crippen molar-refractivity contribution in [2.75, 3.05) is 11.9 Å². The lowest BCUT2D eigenvalue weighted by Gasteiger charge is -2.10. The van der Waals surface area contributed by atoms with Crippen LogP contribution in [-0.4, -0.2) is 11.9 Å². The van der Waals surface area contributed by atoms with Gasteiger partial charge < -0.3 is 9.15 Å². The second kappa shape index (κ2) is 6.14. The summed E-state index contributed by atoms with van der Waals surface area (Å²) in [5, 5.41) is 1.22. The molecule has 0 saturated heterocycles. The van der Waals surface area contributed by atoms with E-state index in [1.165, 1.54) is 0 Å². The molecule has 0 aliphatic heterocycles. The van der Waals surface area contributed by atoms with Crippen molar-refractivity contribution in [3.63, 3.8) is 0 Å². The van der Waals surface area contributed by atoms with Gasteiger partial charge in [0.25, 0.3) is 5.95 Å². The Bertz CT molecular complexity index is 809. The van der Waals surface area contributed by atoms with Gasteiger partial charge in [-0.25, -0.2) is 0 Å². The summed E-state index contributed by atoms with van der Waals surface area (Å²) in [4.78, 5) is 12.8. The smallest absolute Gasteiger partial charge is 0.297 e. The molecule has 0 fully saturated rings. The molecule has 0 radical (unpaired) electrons. The molecule has 0 spiro atoms. The molecule has 1 heterocycles. The van der Waals surface area contributed by atoms with Crippen LogP contribution in [0.4, 0.5) is 0 Å². The first-order chi connectivity index (χ1) is 10.3. The third-order valence-corrected chi connectivity index (χ3v) is 3.46. The normalized spacial score (nSPS) is 10.7. The SMILES string of the molecule is O=c1c(-c2ccccc2)c(OCCBr)oc2ccccc12. The van der Waals surface area contributed by atoms with E-state index in [0.717, 1.165) is 5.56 Å². The summed E-state index contributed by atoms with van der Waals surface area (Å²) in [6, 6.07) is 16.6. The van der Waals surface area contributed by atoms with Gasteiger partial charge in [-0.05, 0) is 17.7 Å². The minimum absolute atomic E-state index is 0.0763. The van der Waals surface area contributed by atoms with Gasteiger partial charge in [-0.3, -0.25) is 4.79 Å². The van der Waals surface area contributed by atoms with Gasteiger partial charge in [0.15, 0.2) is 0 Å². The average Bonchev–Trinajstić information content (AvgIpc) is 2.54. The van der Waals surface area contributed by atoms with Crippen molar-refractivity contribution in [2.45, 2.75) is 0 Å². The molecule has 3 rings (SSSR count). The predicted molar refractivity (Wildman–Crippen MR) is 87.2 cm³/mol. The summed E-state index contributed by atoms with van der Waals surface area (Å²) >= 11 is 3.31. The van der Waals surface area contributed by atoms with E-state index in [4.69, 9.17) is 9.15 Å². The highest BCUT2D eigenvalue weighted by molar-refractivity contribution is 9.09. The zero-order valence-electron chi connectivity index (χ0n) is 11.2. The van der Waals surface area contributed by atoms with Crippen LogP contribution in [0.5, 0.6) is 5.95 Å². The van der Waals surface area contributed by atoms with Gasteiger partial charge in [-0.1, -0.05) is 58.4 Å². The third-order valence-electron chi connectivity index (χ3n) is 3.14. The topological polar surface area (TPSA) is 39.4 Å². The minimum atomic E-state index is -0.0763. The molecule has 0 amide bonds. The standard InChI is InChI=1S/C17H13BrO3/c18-10-11-20-17-15(12-6-2-1-3-7-12)16(19)13-8-4-5-9-14(13)21-17/h1-9H,10-11H2. The fraction of sp³-hybridized carbons (Fsp3) is 0.118. The Morgan fingerprint density at radius 1 is 1.00 bits per heavy atom. The zero-order chi connectivity index (χ0) is 14.7. The van der Waals surface area contributed by atoms with Crippen molar-refractivity contribution in [3.8, 4) is 17.1 Å². The monoisotopic (exact) mass is 344 g/mol. The Morgan fingerprint density at radius 2 is 1.71 bits per heavy atom. The molecular formula is C17H13BrO3. The molecule has 106 valence electrons. The van der Waals surface area contributed by atoms with Crippen LogP contribution in [0.15, 0.2) is 63.8 Å². The van der Waals surface area contributed by atoms with Crippen LogP contribution in [-0.2, 0) is 0 Å². The number of benzene rings is 2. The number of ether oxygens (including phenoxy) is 1. The number of halogens is 1. The van der Waals surface area contributed by atoms with E-state index < -0.39 is 0 Å². The van der Waals surface area contributed by atoms with Gasteiger partial charge in [-0.15, -0.1) is 0 Å². The van der Waals surface area contributed by atoms with E-state index in [9.17, 15) is 4.79 Å². The summed E-state index contributed by atoms with van der Waals surface area (Å²) in [6.07, 6.45) is 0. The van der Waals surface area contributed by atoms with Crippen LogP contribution in [0.2, 0.25) is 0 Å². The molecule has 2 aromatic carbocycles. The number of hydrogen-bond acceptors (Lipinski definition) is 3. The van der Waals surface area contributed by atoms with Gasteiger partial charge >= 0.3 is 0 Å². The lowest BCUT2D eigenvalue weighted by atomic mass is 10.1. The third kappa shape index (κ3) is 2.72. The van der Waals surface area contributed by atoms with Crippen LogP contribution in [0.25, 0.3) is 22.1 Å². The van der Waals surface area contributed by atoms with Crippen molar-refractivity contribution in [2.24, 2.45) is 0 Å². The molecule has 0 N–H and O–H groups in total. The second-order valence-electron chi connectivity index (χ2n) is 4.49. The summed E-state index contributed by atoms with van der Waals surface area (Å²) in [6.45, 7) is 0.432. The van der Waals surface area contributed by atoms with Crippen molar-refractivity contribution in [1.82, 2.24) is 0 Å². The average molecular weight is 345 g/mol. The maximum Gasteiger partial charge on any atom is 0.297 e. The maximum absolute atomic E-state index is 12.8. The first-order valence-corrected chi connectivity index (χ1v) is 7.73. The highest BCUT2D eigenvalue weighted by atomic mass is 79.9. The Hall–Kier alpha value is -2.07. The largest absolute Gasteiger partial charge is 0.464 e. The Labute approximate surface area is 130 Å². The van der Waals surface area contributed by atoms with Crippen LogP contribution in [0.1, 0.15) is 0 Å². The first kappa shape index (κ1) is 13.9. The summed E-state index contributed by atoms with van der Waals surface area (Å²) in [5.74, 6) is 0.268. The quantitative estimate of drug-likeness (QED) is 0.664. The molecule has 4 heteroatoms. The van der Waals surface area contributed by atoms with Crippen molar-refractivity contribution in [3.05, 3.63) is 64.8 Å². The summed E-state index contributed by atoms with van der Waals surface area (Å²) in [7, 11) is 0. The van der Waals surface area contributed by atoms with E-state index in [0.29, 0.717) is 28.5 Å². The van der Waals surface area contributed by atoms with E-state index >= 15 is 0 Å². The number of para-hydroxylation sites is 1. The van der Waals surface area contributed by atoms with Crippen molar-refractivity contribution in [1.29, 1.82) is 0 Å². The molecule has 0 aliphatic carbocycles. The van der Waals surface area contributed by atoms with Crippen LogP contribution >= 0.6 is 15.9 Å². The number of rotatable bonds is 4. The van der Waals surface area contributed by atoms with Crippen molar-refractivity contribution < 1.29 is 9.15 Å². The summed E-state index contributed by atoms with van der Waals surface area (Å²) < 4.78 is 11.4. The van der Waals surface area contributed by atoms with E-state index in [-0.39, 0.29) is 11.4 Å². The Balaban J connectivity index is 2.29. The highest BCUT2D eigenvalue weighted by Crippen LogP contribution is 2.30. The lowest BCUT2D eigenvalue weighted by molar-refractivity contribution is 0.266. The molecule has 3 nitrogen and oxygen atoms in total. The van der Waals surface area contributed by atoms with E-state index in [2.05, 4.69) is 15.9 Å². The Kier molecular flexibility index (Phi) is 4.06. The number of alkyl halides is 1. The molecule has 0 saturated carbocycles. The molecule has 0 atom stereocenters. The van der Waals surface area contributed by atoms with Crippen LogP contribution in [0, 0.1) is 0 Å². The first-order valence-electron chi connectivity index (χ1n) is 6.61. The zero-order valence-corrected chi connectivity index (χ0v) is 12.8. The van der Waals surface area contributed by atoms with Crippen LogP contribution in [0.3, 0.4) is 0 Å². The van der Waals surface area contributed by atoms with Gasteiger partial charge in [-0.2, -0.15) is 0 Å². The predicted octanol–water partition coefficient (Wildman–Crippen LogP) is 4.23. The molecule has 0 aliphatic rings. The molecular weight excluding hydrogens is 332 g/mol. The second-order valence-corrected chi connectivity index (χ2v) is 5.29. The Morgan fingerprint density at radius 3 is 2.48 bits per heavy atom. The number of hydrogen-bond donors (Lipinski definition) is 0. The lowest BCUT2D eigenvalue weighted by Crippen LogP contribution is -2.09. The molecule has 0 unspecified atom stereocenters.